The van der Waals surface area contributed by atoms with Crippen molar-refractivity contribution in [3.8, 4) is 0 Å². The summed E-state index contributed by atoms with van der Waals surface area (Å²) in [6.45, 7) is 0. The van der Waals surface area contributed by atoms with Crippen LogP contribution >= 0.6 is 15.9 Å². The maximum absolute atomic E-state index is 10.5. The molecule has 0 fully saturated rings. The van der Waals surface area contributed by atoms with Crippen LogP contribution in [0.5, 0.6) is 0 Å². The molecule has 0 saturated heterocycles. The summed E-state index contributed by atoms with van der Waals surface area (Å²) in [6.07, 6.45) is 2.54. The van der Waals surface area contributed by atoms with Gasteiger partial charge in [-0.05, 0) is 34.0 Å². The molecule has 1 atom stereocenters. The number of nitrogens with zero attached hydrogens (tertiary/aromatic N) is 1. The van der Waals surface area contributed by atoms with Crippen molar-refractivity contribution in [1.29, 1.82) is 0 Å². The molecule has 0 aliphatic carbocycles. The lowest BCUT2D eigenvalue weighted by Crippen LogP contribution is -2.12. The highest BCUT2D eigenvalue weighted by molar-refractivity contribution is 9.10. The number of carboxylic acids is 1. The SMILES string of the molecule is Cn1cc(Br)c2ccc(C(N)CCC(=O)O)cc21. The third-order valence-electron chi connectivity index (χ3n) is 3.06. The quantitative estimate of drug-likeness (QED) is 0.912. The Morgan fingerprint density at radius 3 is 2.94 bits per heavy atom. The molecule has 0 saturated carbocycles. The number of halogens is 1. The number of fused-ring (bicyclic) bond motifs is 1. The molecule has 0 spiro atoms. The summed E-state index contributed by atoms with van der Waals surface area (Å²) in [5.74, 6) is -0.812. The van der Waals surface area contributed by atoms with E-state index in [4.69, 9.17) is 10.8 Å². The van der Waals surface area contributed by atoms with Gasteiger partial charge in [-0.3, -0.25) is 4.79 Å². The highest BCUT2D eigenvalue weighted by Gasteiger charge is 2.11. The first-order valence-corrected chi connectivity index (χ1v) is 6.50. The molecule has 1 aromatic heterocycles. The van der Waals surface area contributed by atoms with Crippen LogP contribution in [0.15, 0.2) is 28.9 Å². The van der Waals surface area contributed by atoms with Crippen molar-refractivity contribution in [2.75, 3.05) is 0 Å². The lowest BCUT2D eigenvalue weighted by molar-refractivity contribution is -0.137. The molecular formula is C13H15BrN2O2. The minimum atomic E-state index is -0.812. The Morgan fingerprint density at radius 2 is 2.28 bits per heavy atom. The van der Waals surface area contributed by atoms with E-state index < -0.39 is 5.97 Å². The van der Waals surface area contributed by atoms with Gasteiger partial charge in [-0.25, -0.2) is 0 Å². The molecule has 96 valence electrons. The lowest BCUT2D eigenvalue weighted by Gasteiger charge is -2.11. The van der Waals surface area contributed by atoms with E-state index in [0.29, 0.717) is 6.42 Å². The third kappa shape index (κ3) is 2.57. The number of carbonyl (C=O) groups is 1. The summed E-state index contributed by atoms with van der Waals surface area (Å²) in [7, 11) is 1.97. The average Bonchev–Trinajstić information content (AvgIpc) is 2.61. The van der Waals surface area contributed by atoms with E-state index in [9.17, 15) is 4.79 Å². The number of benzene rings is 1. The molecule has 18 heavy (non-hydrogen) atoms. The van der Waals surface area contributed by atoms with Crippen LogP contribution in [0, 0.1) is 0 Å². The molecule has 0 radical (unpaired) electrons. The first-order valence-electron chi connectivity index (χ1n) is 5.71. The molecule has 2 aromatic rings. The first-order chi connectivity index (χ1) is 8.49. The molecular weight excluding hydrogens is 296 g/mol. The number of carboxylic acid groups (broad SMARTS) is 1. The van der Waals surface area contributed by atoms with Crippen LogP contribution in [0.2, 0.25) is 0 Å². The first kappa shape index (κ1) is 13.1. The van der Waals surface area contributed by atoms with Crippen LogP contribution in [0.25, 0.3) is 10.9 Å². The number of nitrogens with two attached hydrogens (primary N) is 1. The van der Waals surface area contributed by atoms with Gasteiger partial charge in [0.15, 0.2) is 0 Å². The summed E-state index contributed by atoms with van der Waals surface area (Å²) in [5, 5.41) is 9.79. The van der Waals surface area contributed by atoms with E-state index in [1.165, 1.54) is 0 Å². The monoisotopic (exact) mass is 310 g/mol. The van der Waals surface area contributed by atoms with Gasteiger partial charge in [-0.15, -0.1) is 0 Å². The standard InChI is InChI=1S/C13H15BrN2O2/c1-16-7-10(14)9-3-2-8(6-12(9)16)11(15)4-5-13(17)18/h2-3,6-7,11H,4-5,15H2,1H3,(H,17,18). The summed E-state index contributed by atoms with van der Waals surface area (Å²) in [4.78, 5) is 10.5. The lowest BCUT2D eigenvalue weighted by atomic mass is 10.0. The molecule has 0 amide bonds. The zero-order valence-corrected chi connectivity index (χ0v) is 11.6. The second-order valence-corrected chi connectivity index (χ2v) is 5.26. The van der Waals surface area contributed by atoms with E-state index in [0.717, 1.165) is 20.9 Å². The van der Waals surface area contributed by atoms with Crippen molar-refractivity contribution < 1.29 is 9.90 Å². The molecule has 3 N–H and O–H groups in total. The Balaban J connectivity index is 2.29. The topological polar surface area (TPSA) is 68.2 Å². The molecule has 0 aliphatic rings. The van der Waals surface area contributed by atoms with Crippen molar-refractivity contribution in [2.24, 2.45) is 12.8 Å². The third-order valence-corrected chi connectivity index (χ3v) is 3.70. The maximum atomic E-state index is 10.5. The number of aryl methyl sites for hydroxylation is 1. The zero-order chi connectivity index (χ0) is 13.3. The number of aliphatic carboxylic acids is 1. The van der Waals surface area contributed by atoms with Crippen LogP contribution in [0.1, 0.15) is 24.4 Å². The van der Waals surface area contributed by atoms with E-state index in [1.54, 1.807) is 0 Å². The van der Waals surface area contributed by atoms with Gasteiger partial charge in [-0.2, -0.15) is 0 Å². The summed E-state index contributed by atoms with van der Waals surface area (Å²) in [5.41, 5.74) is 8.06. The fourth-order valence-corrected chi connectivity index (χ4v) is 2.67. The second kappa shape index (κ2) is 5.12. The smallest absolute Gasteiger partial charge is 0.303 e. The minimum absolute atomic E-state index is 0.0933. The number of aromatic nitrogens is 1. The summed E-state index contributed by atoms with van der Waals surface area (Å²) < 4.78 is 3.07. The predicted octanol–water partition coefficient (Wildman–Crippen LogP) is 2.81. The fourth-order valence-electron chi connectivity index (χ4n) is 2.03. The van der Waals surface area contributed by atoms with Gasteiger partial charge in [0.2, 0.25) is 0 Å². The second-order valence-electron chi connectivity index (χ2n) is 4.40. The number of rotatable bonds is 4. The van der Waals surface area contributed by atoms with Crippen LogP contribution < -0.4 is 5.73 Å². The Kier molecular flexibility index (Phi) is 3.73. The molecule has 5 heteroatoms. The van der Waals surface area contributed by atoms with Gasteiger partial charge in [0, 0.05) is 41.1 Å². The normalized spacial score (nSPS) is 12.8. The number of hydrogen-bond acceptors (Lipinski definition) is 2. The molecule has 0 aliphatic heterocycles. The van der Waals surface area contributed by atoms with Gasteiger partial charge >= 0.3 is 5.97 Å². The van der Waals surface area contributed by atoms with Gasteiger partial charge < -0.3 is 15.4 Å². The van der Waals surface area contributed by atoms with Crippen molar-refractivity contribution in [2.45, 2.75) is 18.9 Å². The van der Waals surface area contributed by atoms with Gasteiger partial charge in [-0.1, -0.05) is 12.1 Å². The molecule has 0 bridgehead atoms. The highest BCUT2D eigenvalue weighted by atomic mass is 79.9. The maximum Gasteiger partial charge on any atom is 0.303 e. The average molecular weight is 311 g/mol. The van der Waals surface area contributed by atoms with E-state index in [1.807, 2.05) is 36.0 Å². The Labute approximate surface area is 114 Å². The highest BCUT2D eigenvalue weighted by Crippen LogP contribution is 2.28. The van der Waals surface area contributed by atoms with Crippen LogP contribution in [-0.4, -0.2) is 15.6 Å². The van der Waals surface area contributed by atoms with E-state index in [2.05, 4.69) is 15.9 Å². The van der Waals surface area contributed by atoms with Crippen LogP contribution in [0.3, 0.4) is 0 Å². The minimum Gasteiger partial charge on any atom is -0.481 e. The number of hydrogen-bond donors (Lipinski definition) is 2. The van der Waals surface area contributed by atoms with Crippen molar-refractivity contribution >= 4 is 32.8 Å². The van der Waals surface area contributed by atoms with Gasteiger partial charge in [0.05, 0.1) is 0 Å². The van der Waals surface area contributed by atoms with Gasteiger partial charge in [0.25, 0.3) is 0 Å². The van der Waals surface area contributed by atoms with Crippen LogP contribution in [0.4, 0.5) is 0 Å². The largest absolute Gasteiger partial charge is 0.481 e. The zero-order valence-electron chi connectivity index (χ0n) is 10.1. The van der Waals surface area contributed by atoms with E-state index in [-0.39, 0.29) is 12.5 Å². The summed E-state index contributed by atoms with van der Waals surface area (Å²) in [6, 6.07) is 5.75. The molecule has 1 aromatic carbocycles. The Morgan fingerprint density at radius 1 is 1.56 bits per heavy atom. The molecule has 4 nitrogen and oxygen atoms in total. The predicted molar refractivity (Wildman–Crippen MR) is 74.4 cm³/mol. The Bertz CT molecular complexity index is 592. The Hall–Kier alpha value is -1.33. The van der Waals surface area contributed by atoms with Crippen molar-refractivity contribution in [3.63, 3.8) is 0 Å². The summed E-state index contributed by atoms with van der Waals surface area (Å²) >= 11 is 3.50. The molecule has 1 heterocycles. The van der Waals surface area contributed by atoms with E-state index >= 15 is 0 Å². The molecule has 1 unspecified atom stereocenters. The van der Waals surface area contributed by atoms with Crippen molar-refractivity contribution in [1.82, 2.24) is 4.57 Å². The van der Waals surface area contributed by atoms with Crippen molar-refractivity contribution in [3.05, 3.63) is 34.4 Å². The van der Waals surface area contributed by atoms with Crippen LogP contribution in [-0.2, 0) is 11.8 Å². The fraction of sp³-hybridized carbons (Fsp3) is 0.308. The molecule has 2 rings (SSSR count). The van der Waals surface area contributed by atoms with Gasteiger partial charge in [0.1, 0.15) is 0 Å².